The van der Waals surface area contributed by atoms with Crippen LogP contribution in [0.1, 0.15) is 36.7 Å². The van der Waals surface area contributed by atoms with Crippen LogP contribution in [0.25, 0.3) is 0 Å². The minimum absolute atomic E-state index is 0.0191. The minimum Gasteiger partial charge on any atom is -0.378 e. The highest BCUT2D eigenvalue weighted by molar-refractivity contribution is 7.89. The molecule has 1 aliphatic heterocycles. The molecule has 0 spiro atoms. The first-order chi connectivity index (χ1) is 16.2. The number of nitro groups is 1. The molecule has 11 heteroatoms. The summed E-state index contributed by atoms with van der Waals surface area (Å²) in [7, 11) is -3.78. The van der Waals surface area contributed by atoms with Crippen molar-refractivity contribution in [3.63, 3.8) is 0 Å². The van der Waals surface area contributed by atoms with Crippen LogP contribution in [0.3, 0.4) is 0 Å². The second kappa shape index (κ2) is 10.9. The monoisotopic (exact) mass is 490 g/mol. The molecule has 0 aromatic heterocycles. The van der Waals surface area contributed by atoms with E-state index in [0.717, 1.165) is 0 Å². The van der Waals surface area contributed by atoms with Crippen molar-refractivity contribution >= 4 is 33.0 Å². The van der Waals surface area contributed by atoms with Crippen molar-refractivity contribution in [2.45, 2.75) is 32.1 Å². The Balaban J connectivity index is 2.03. The number of morpholine rings is 1. The van der Waals surface area contributed by atoms with Gasteiger partial charge in [0.1, 0.15) is 0 Å². The highest BCUT2D eigenvalue weighted by Crippen LogP contribution is 2.29. The summed E-state index contributed by atoms with van der Waals surface area (Å²) in [5.41, 5.74) is 1.51. The number of anilines is 2. The van der Waals surface area contributed by atoms with E-state index in [9.17, 15) is 23.3 Å². The average molecular weight is 491 g/mol. The number of ether oxygens (including phenoxy) is 1. The van der Waals surface area contributed by atoms with Crippen molar-refractivity contribution in [3.05, 3.63) is 57.6 Å². The first-order valence-corrected chi connectivity index (χ1v) is 12.7. The summed E-state index contributed by atoms with van der Waals surface area (Å²) < 4.78 is 32.9. The quantitative estimate of drug-likeness (QED) is 0.423. The lowest BCUT2D eigenvalue weighted by molar-refractivity contribution is -0.385. The maximum atomic E-state index is 13.4. The van der Waals surface area contributed by atoms with Crippen molar-refractivity contribution in [1.82, 2.24) is 4.31 Å². The summed E-state index contributed by atoms with van der Waals surface area (Å²) in [6.07, 6.45) is 0.483. The summed E-state index contributed by atoms with van der Waals surface area (Å²) in [6.45, 7) is 8.02. The van der Waals surface area contributed by atoms with Gasteiger partial charge < -0.3 is 15.0 Å². The van der Waals surface area contributed by atoms with E-state index in [1.807, 2.05) is 11.8 Å². The van der Waals surface area contributed by atoms with E-state index >= 15 is 0 Å². The lowest BCUT2D eigenvalue weighted by atomic mass is 10.1. The van der Waals surface area contributed by atoms with Crippen LogP contribution >= 0.6 is 0 Å². The molecule has 0 atom stereocenters. The van der Waals surface area contributed by atoms with Gasteiger partial charge in [-0.1, -0.05) is 26.8 Å². The van der Waals surface area contributed by atoms with Crippen molar-refractivity contribution in [2.24, 2.45) is 0 Å². The van der Waals surface area contributed by atoms with Gasteiger partial charge in [-0.15, -0.1) is 0 Å². The molecule has 0 aliphatic carbocycles. The van der Waals surface area contributed by atoms with Gasteiger partial charge in [-0.2, -0.15) is 4.31 Å². The zero-order valence-corrected chi connectivity index (χ0v) is 20.4. The number of carbonyl (C=O) groups is 1. The summed E-state index contributed by atoms with van der Waals surface area (Å²) in [6, 6.07) is 9.06. The number of hydrogen-bond donors (Lipinski definition) is 1. The fourth-order valence-electron chi connectivity index (χ4n) is 3.96. The molecule has 10 nitrogen and oxygen atoms in total. The van der Waals surface area contributed by atoms with Gasteiger partial charge in [0.25, 0.3) is 11.6 Å². The summed E-state index contributed by atoms with van der Waals surface area (Å²) in [4.78, 5) is 26.3. The number of amides is 1. The summed E-state index contributed by atoms with van der Waals surface area (Å²) in [5, 5.41) is 14.1. The maximum Gasteiger partial charge on any atom is 0.274 e. The Morgan fingerprint density at radius 2 is 1.79 bits per heavy atom. The lowest BCUT2D eigenvalue weighted by Crippen LogP contribution is -2.37. The molecule has 1 saturated heterocycles. The van der Waals surface area contributed by atoms with Crippen molar-refractivity contribution in [2.75, 3.05) is 49.6 Å². The number of aryl methyl sites for hydroxylation is 1. The highest BCUT2D eigenvalue weighted by atomic mass is 32.2. The van der Waals surface area contributed by atoms with Gasteiger partial charge in [0.15, 0.2) is 0 Å². The highest BCUT2D eigenvalue weighted by Gasteiger charge is 2.26. The second-order valence-electron chi connectivity index (χ2n) is 7.78. The molecule has 1 N–H and O–H groups in total. The van der Waals surface area contributed by atoms with Gasteiger partial charge >= 0.3 is 0 Å². The number of hydrogen-bond acceptors (Lipinski definition) is 7. The Morgan fingerprint density at radius 3 is 2.38 bits per heavy atom. The topological polar surface area (TPSA) is 122 Å². The molecule has 3 rings (SSSR count). The van der Waals surface area contributed by atoms with E-state index in [1.165, 1.54) is 22.5 Å². The third-order valence-corrected chi connectivity index (χ3v) is 7.87. The molecule has 1 aliphatic rings. The molecule has 1 fully saturated rings. The van der Waals surface area contributed by atoms with Crippen LogP contribution in [0.5, 0.6) is 0 Å². The minimum atomic E-state index is -3.78. The average Bonchev–Trinajstić information content (AvgIpc) is 2.84. The molecular formula is C23H30N4O6S. The smallest absolute Gasteiger partial charge is 0.274 e. The van der Waals surface area contributed by atoms with Crippen LogP contribution in [0.2, 0.25) is 0 Å². The number of carbonyl (C=O) groups excluding carboxylic acids is 1. The van der Waals surface area contributed by atoms with Crippen LogP contribution in [-0.4, -0.2) is 62.9 Å². The molecule has 2 aromatic carbocycles. The number of rotatable bonds is 9. The summed E-state index contributed by atoms with van der Waals surface area (Å²) in [5.74, 6) is -0.545. The third-order valence-electron chi connectivity index (χ3n) is 5.83. The third kappa shape index (κ3) is 5.37. The summed E-state index contributed by atoms with van der Waals surface area (Å²) >= 11 is 0. The lowest BCUT2D eigenvalue weighted by Gasteiger charge is -2.30. The Bertz CT molecular complexity index is 1160. The zero-order valence-electron chi connectivity index (χ0n) is 19.6. The number of nitrogens with zero attached hydrogens (tertiary/aromatic N) is 3. The normalized spacial score (nSPS) is 14.3. The Morgan fingerprint density at radius 1 is 1.12 bits per heavy atom. The Kier molecular flexibility index (Phi) is 8.24. The van der Waals surface area contributed by atoms with E-state index in [1.54, 1.807) is 32.0 Å². The van der Waals surface area contributed by atoms with Gasteiger partial charge in [0.2, 0.25) is 10.0 Å². The van der Waals surface area contributed by atoms with E-state index in [2.05, 4.69) is 5.32 Å². The Labute approximate surface area is 199 Å². The molecule has 0 bridgehead atoms. The SMILES string of the molecule is CCc1ccc(NC(=O)c2cc(S(=O)(=O)N(CC)CC)ccc2N2CCOCC2)cc1[N+](=O)[O-]. The van der Waals surface area contributed by atoms with Crippen LogP contribution in [-0.2, 0) is 21.2 Å². The molecule has 0 radical (unpaired) electrons. The molecule has 34 heavy (non-hydrogen) atoms. The van der Waals surface area contributed by atoms with E-state index in [-0.39, 0.29) is 21.8 Å². The first-order valence-electron chi connectivity index (χ1n) is 11.3. The second-order valence-corrected chi connectivity index (χ2v) is 9.71. The molecule has 2 aromatic rings. The molecule has 0 unspecified atom stereocenters. The van der Waals surface area contributed by atoms with Gasteiger partial charge in [0, 0.05) is 49.2 Å². The standard InChI is InChI=1S/C23H30N4O6S/c1-4-17-7-8-18(15-22(17)27(29)30)24-23(28)20-16-19(34(31,32)26(5-2)6-3)9-10-21(20)25-11-13-33-14-12-25/h7-10,15-16H,4-6,11-14H2,1-3H3,(H,24,28). The van der Waals surface area contributed by atoms with Crippen molar-refractivity contribution < 1.29 is 22.9 Å². The number of benzene rings is 2. The fraction of sp³-hybridized carbons (Fsp3) is 0.435. The molecule has 1 amide bonds. The molecule has 1 heterocycles. The number of nitrogens with one attached hydrogen (secondary N) is 1. The van der Waals surface area contributed by atoms with Crippen molar-refractivity contribution in [3.8, 4) is 0 Å². The molecular weight excluding hydrogens is 460 g/mol. The van der Waals surface area contributed by atoms with Crippen LogP contribution in [0.15, 0.2) is 41.3 Å². The Hall–Kier alpha value is -3.02. The predicted molar refractivity (Wildman–Crippen MR) is 130 cm³/mol. The van der Waals surface area contributed by atoms with E-state index in [4.69, 9.17) is 4.74 Å². The molecule has 0 saturated carbocycles. The van der Waals surface area contributed by atoms with Gasteiger partial charge in [-0.3, -0.25) is 14.9 Å². The zero-order chi connectivity index (χ0) is 24.9. The van der Waals surface area contributed by atoms with Crippen molar-refractivity contribution in [1.29, 1.82) is 0 Å². The first kappa shape index (κ1) is 25.6. The fourth-order valence-corrected chi connectivity index (χ4v) is 5.44. The number of nitro benzene ring substituents is 1. The van der Waals surface area contributed by atoms with Gasteiger partial charge in [0.05, 0.1) is 28.6 Å². The largest absolute Gasteiger partial charge is 0.378 e. The van der Waals surface area contributed by atoms with E-state index < -0.39 is 20.9 Å². The molecule has 184 valence electrons. The number of sulfonamides is 1. The van der Waals surface area contributed by atoms with Gasteiger partial charge in [-0.25, -0.2) is 8.42 Å². The predicted octanol–water partition coefficient (Wildman–Crippen LogP) is 3.28. The van der Waals surface area contributed by atoms with Crippen LogP contribution in [0, 0.1) is 10.1 Å². The van der Waals surface area contributed by atoms with Crippen LogP contribution < -0.4 is 10.2 Å². The van der Waals surface area contributed by atoms with Crippen LogP contribution in [0.4, 0.5) is 17.1 Å². The van der Waals surface area contributed by atoms with E-state index in [0.29, 0.717) is 57.1 Å². The van der Waals surface area contributed by atoms with Gasteiger partial charge in [-0.05, 0) is 30.7 Å². The maximum absolute atomic E-state index is 13.4.